The van der Waals surface area contributed by atoms with E-state index < -0.39 is 0 Å². The summed E-state index contributed by atoms with van der Waals surface area (Å²) in [5, 5.41) is 14.6. The van der Waals surface area contributed by atoms with E-state index in [1.165, 1.54) is 11.3 Å². The van der Waals surface area contributed by atoms with E-state index in [1.54, 1.807) is 24.3 Å². The second-order valence-corrected chi connectivity index (χ2v) is 7.32. The van der Waals surface area contributed by atoms with Crippen molar-refractivity contribution in [3.8, 4) is 11.5 Å². The predicted octanol–water partition coefficient (Wildman–Crippen LogP) is 3.01. The molecule has 0 radical (unpaired) electrons. The van der Waals surface area contributed by atoms with Crippen LogP contribution < -0.4 is 20.1 Å². The normalized spacial score (nSPS) is 11.9. The fourth-order valence-electron chi connectivity index (χ4n) is 2.71. The van der Waals surface area contributed by atoms with Crippen LogP contribution >= 0.6 is 11.3 Å². The second kappa shape index (κ2) is 8.27. The summed E-state index contributed by atoms with van der Waals surface area (Å²) in [6.45, 7) is 2.54. The van der Waals surface area contributed by atoms with Crippen LogP contribution in [0.2, 0.25) is 0 Å². The number of anilines is 1. The quantitative estimate of drug-likeness (QED) is 0.648. The summed E-state index contributed by atoms with van der Waals surface area (Å²) in [6.07, 6.45) is 0.737. The molecule has 1 aliphatic rings. The smallest absolute Gasteiger partial charge is 0.286 e. The van der Waals surface area contributed by atoms with E-state index in [0.29, 0.717) is 34.3 Å². The van der Waals surface area contributed by atoms with Crippen LogP contribution in [0.1, 0.15) is 37.7 Å². The molecule has 0 aliphatic carbocycles. The molecule has 0 unspecified atom stereocenters. The van der Waals surface area contributed by atoms with Crippen molar-refractivity contribution >= 4 is 28.8 Å². The first-order chi connectivity index (χ1) is 14.1. The molecule has 148 valence electrons. The van der Waals surface area contributed by atoms with Crippen molar-refractivity contribution in [2.24, 2.45) is 0 Å². The van der Waals surface area contributed by atoms with Gasteiger partial charge in [0.15, 0.2) is 11.5 Å². The lowest BCUT2D eigenvalue weighted by Crippen LogP contribution is -2.22. The van der Waals surface area contributed by atoms with E-state index in [2.05, 4.69) is 20.8 Å². The van der Waals surface area contributed by atoms with Crippen LogP contribution in [0.15, 0.2) is 42.5 Å². The second-order valence-electron chi connectivity index (χ2n) is 6.26. The van der Waals surface area contributed by atoms with Gasteiger partial charge in [0.05, 0.1) is 0 Å². The average molecular weight is 410 g/mol. The van der Waals surface area contributed by atoms with Gasteiger partial charge in [-0.1, -0.05) is 24.3 Å². The molecule has 2 N–H and O–H groups in total. The fourth-order valence-corrected chi connectivity index (χ4v) is 3.39. The lowest BCUT2D eigenvalue weighted by atomic mass is 10.1. The summed E-state index contributed by atoms with van der Waals surface area (Å²) < 4.78 is 10.6. The number of aryl methyl sites for hydroxylation is 1. The molecule has 3 aromatic rings. The first kappa shape index (κ1) is 18.9. The standard InChI is InChI=1S/C20H18N4O4S/c1-2-17-23-24-20(29-17)19(26)22-14-6-4-13(5-7-14)18(25)21-10-12-3-8-15-16(9-12)28-11-27-15/h3-9H,2,10-11H2,1H3,(H,21,25)(H,22,26). The Labute approximate surface area is 170 Å². The SMILES string of the molecule is CCc1nnc(C(=O)Nc2ccc(C(=O)NCc3ccc4c(c3)OCO4)cc2)s1. The van der Waals surface area contributed by atoms with Gasteiger partial charge in [-0.05, 0) is 48.4 Å². The van der Waals surface area contributed by atoms with E-state index in [-0.39, 0.29) is 18.6 Å². The van der Waals surface area contributed by atoms with Crippen molar-refractivity contribution in [2.75, 3.05) is 12.1 Å². The molecule has 9 heteroatoms. The van der Waals surface area contributed by atoms with Crippen molar-refractivity contribution < 1.29 is 19.1 Å². The van der Waals surface area contributed by atoms with Gasteiger partial charge in [-0.3, -0.25) is 9.59 Å². The maximum Gasteiger partial charge on any atom is 0.286 e. The lowest BCUT2D eigenvalue weighted by Gasteiger charge is -2.08. The van der Waals surface area contributed by atoms with Gasteiger partial charge in [-0.2, -0.15) is 0 Å². The van der Waals surface area contributed by atoms with Gasteiger partial charge in [0.1, 0.15) is 5.01 Å². The summed E-state index contributed by atoms with van der Waals surface area (Å²) in [5.41, 5.74) is 1.98. The van der Waals surface area contributed by atoms with Gasteiger partial charge in [0, 0.05) is 17.8 Å². The number of ether oxygens (including phenoxy) is 2. The Bertz CT molecular complexity index is 1050. The number of carbonyl (C=O) groups excluding carboxylic acids is 2. The number of carbonyl (C=O) groups is 2. The molecule has 2 amide bonds. The predicted molar refractivity (Wildman–Crippen MR) is 107 cm³/mol. The van der Waals surface area contributed by atoms with Crippen molar-refractivity contribution in [3.05, 3.63) is 63.6 Å². The molecule has 0 bridgehead atoms. The maximum absolute atomic E-state index is 12.4. The molecule has 4 rings (SSSR count). The van der Waals surface area contributed by atoms with E-state index in [1.807, 2.05) is 25.1 Å². The van der Waals surface area contributed by atoms with E-state index >= 15 is 0 Å². The molecular formula is C20H18N4O4S. The van der Waals surface area contributed by atoms with Crippen molar-refractivity contribution in [1.82, 2.24) is 15.5 Å². The Balaban J connectivity index is 1.33. The third-order valence-corrected chi connectivity index (χ3v) is 5.32. The molecule has 1 aromatic heterocycles. The third kappa shape index (κ3) is 4.35. The zero-order valence-electron chi connectivity index (χ0n) is 15.6. The van der Waals surface area contributed by atoms with Crippen LogP contribution in [0.25, 0.3) is 0 Å². The summed E-state index contributed by atoms with van der Waals surface area (Å²) in [6, 6.07) is 12.2. The Hall–Kier alpha value is -3.46. The number of hydrogen-bond donors (Lipinski definition) is 2. The molecule has 0 saturated carbocycles. The van der Waals surface area contributed by atoms with Gasteiger partial charge in [-0.15, -0.1) is 10.2 Å². The Morgan fingerprint density at radius 3 is 2.59 bits per heavy atom. The number of hydrogen-bond acceptors (Lipinski definition) is 7. The van der Waals surface area contributed by atoms with Crippen molar-refractivity contribution in [3.63, 3.8) is 0 Å². The summed E-state index contributed by atoms with van der Waals surface area (Å²) >= 11 is 1.26. The minimum atomic E-state index is -0.317. The highest BCUT2D eigenvalue weighted by atomic mass is 32.1. The van der Waals surface area contributed by atoms with Crippen LogP contribution in [0, 0.1) is 0 Å². The molecule has 0 saturated heterocycles. The molecule has 0 spiro atoms. The maximum atomic E-state index is 12.4. The van der Waals surface area contributed by atoms with E-state index in [4.69, 9.17) is 9.47 Å². The molecule has 2 heterocycles. The van der Waals surface area contributed by atoms with Crippen LogP contribution in [-0.4, -0.2) is 28.8 Å². The fraction of sp³-hybridized carbons (Fsp3) is 0.200. The van der Waals surface area contributed by atoms with Crippen LogP contribution in [-0.2, 0) is 13.0 Å². The minimum absolute atomic E-state index is 0.211. The zero-order valence-corrected chi connectivity index (χ0v) is 16.4. The Kier molecular flexibility index (Phi) is 5.39. The number of rotatable bonds is 6. The van der Waals surface area contributed by atoms with E-state index in [9.17, 15) is 9.59 Å². The molecular weight excluding hydrogens is 392 g/mol. The lowest BCUT2D eigenvalue weighted by molar-refractivity contribution is 0.0950. The minimum Gasteiger partial charge on any atom is -0.454 e. The molecule has 0 fully saturated rings. The number of fused-ring (bicyclic) bond motifs is 1. The van der Waals surface area contributed by atoms with Crippen LogP contribution in [0.4, 0.5) is 5.69 Å². The first-order valence-corrected chi connectivity index (χ1v) is 9.84. The van der Waals surface area contributed by atoms with Gasteiger partial charge < -0.3 is 20.1 Å². The van der Waals surface area contributed by atoms with Gasteiger partial charge in [0.2, 0.25) is 11.8 Å². The molecule has 0 atom stereocenters. The van der Waals surface area contributed by atoms with Gasteiger partial charge in [0.25, 0.3) is 11.8 Å². The van der Waals surface area contributed by atoms with Crippen molar-refractivity contribution in [2.45, 2.75) is 19.9 Å². The molecule has 29 heavy (non-hydrogen) atoms. The van der Waals surface area contributed by atoms with Gasteiger partial charge >= 0.3 is 0 Å². The zero-order chi connectivity index (χ0) is 20.2. The Morgan fingerprint density at radius 2 is 1.83 bits per heavy atom. The number of aromatic nitrogens is 2. The highest BCUT2D eigenvalue weighted by molar-refractivity contribution is 7.13. The van der Waals surface area contributed by atoms with Crippen LogP contribution in [0.5, 0.6) is 11.5 Å². The number of nitrogens with zero attached hydrogens (tertiary/aromatic N) is 2. The molecule has 8 nitrogen and oxygen atoms in total. The van der Waals surface area contributed by atoms with Crippen LogP contribution in [0.3, 0.4) is 0 Å². The highest BCUT2D eigenvalue weighted by Crippen LogP contribution is 2.32. The number of amides is 2. The summed E-state index contributed by atoms with van der Waals surface area (Å²) in [5.74, 6) is 0.856. The molecule has 1 aliphatic heterocycles. The number of nitrogens with one attached hydrogen (secondary N) is 2. The van der Waals surface area contributed by atoms with Gasteiger partial charge in [-0.25, -0.2) is 0 Å². The topological polar surface area (TPSA) is 102 Å². The summed E-state index contributed by atoms with van der Waals surface area (Å²) in [7, 11) is 0. The number of benzene rings is 2. The summed E-state index contributed by atoms with van der Waals surface area (Å²) in [4.78, 5) is 24.6. The third-order valence-electron chi connectivity index (χ3n) is 4.26. The largest absolute Gasteiger partial charge is 0.454 e. The monoisotopic (exact) mass is 410 g/mol. The highest BCUT2D eigenvalue weighted by Gasteiger charge is 2.15. The molecule has 2 aromatic carbocycles. The first-order valence-electron chi connectivity index (χ1n) is 9.03. The average Bonchev–Trinajstić information content (AvgIpc) is 3.41. The van der Waals surface area contributed by atoms with Crippen molar-refractivity contribution in [1.29, 1.82) is 0 Å². The Morgan fingerprint density at radius 1 is 1.03 bits per heavy atom. The van der Waals surface area contributed by atoms with E-state index in [0.717, 1.165) is 17.0 Å².